The maximum absolute atomic E-state index is 11.9. The molecular weight excluding hydrogens is 447 g/mol. The van der Waals surface area contributed by atoms with E-state index in [-0.39, 0.29) is 42.0 Å². The molecule has 0 bridgehead atoms. The number of halogens is 1. The van der Waals surface area contributed by atoms with Gasteiger partial charge in [-0.15, -0.1) is 24.0 Å². The number of rotatable bonds is 5. The summed E-state index contributed by atoms with van der Waals surface area (Å²) in [5.74, 6) is 1.26. The number of hydrogen-bond acceptors (Lipinski definition) is 4. The Kier molecular flexibility index (Phi) is 8.41. The van der Waals surface area contributed by atoms with Gasteiger partial charge in [0.15, 0.2) is 5.96 Å². The Morgan fingerprint density at radius 3 is 2.69 bits per heavy atom. The average molecular weight is 480 g/mol. The number of ether oxygens (including phenoxy) is 2. The average Bonchev–Trinajstić information content (AvgIpc) is 3.09. The van der Waals surface area contributed by atoms with Gasteiger partial charge in [-0.1, -0.05) is 0 Å². The van der Waals surface area contributed by atoms with Crippen molar-refractivity contribution in [1.29, 1.82) is 0 Å². The number of amides is 1. The van der Waals surface area contributed by atoms with Crippen LogP contribution in [-0.2, 0) is 14.3 Å². The van der Waals surface area contributed by atoms with Crippen LogP contribution in [0.25, 0.3) is 0 Å². The standard InChI is InChI=1S/C18H32N4O3.HI/c1-22(2)16(23)12-20-17(19-11-14-4-8-24-13-14)21-15-5-9-25-18(10-15)6-3-7-18;/h14-15H,3-13H2,1-2H3,(H2,19,20,21);1H. The molecule has 0 aromatic rings. The molecule has 2 N–H and O–H groups in total. The molecule has 0 aromatic heterocycles. The van der Waals surface area contributed by atoms with Gasteiger partial charge in [-0.2, -0.15) is 0 Å². The van der Waals surface area contributed by atoms with Crippen LogP contribution >= 0.6 is 24.0 Å². The minimum atomic E-state index is 0. The van der Waals surface area contributed by atoms with Gasteiger partial charge in [0, 0.05) is 45.8 Å². The molecule has 1 spiro atoms. The lowest BCUT2D eigenvalue weighted by Gasteiger charge is -2.47. The van der Waals surface area contributed by atoms with Crippen molar-refractivity contribution in [2.75, 3.05) is 47.0 Å². The summed E-state index contributed by atoms with van der Waals surface area (Å²) in [4.78, 5) is 18.0. The van der Waals surface area contributed by atoms with Gasteiger partial charge in [0.05, 0.1) is 12.2 Å². The van der Waals surface area contributed by atoms with Crippen LogP contribution in [0.2, 0.25) is 0 Å². The fourth-order valence-electron chi connectivity index (χ4n) is 3.69. The monoisotopic (exact) mass is 480 g/mol. The normalized spacial score (nSPS) is 27.4. The molecule has 2 heterocycles. The Morgan fingerprint density at radius 1 is 1.27 bits per heavy atom. The smallest absolute Gasteiger partial charge is 0.243 e. The van der Waals surface area contributed by atoms with E-state index in [1.54, 1.807) is 19.0 Å². The zero-order valence-corrected chi connectivity index (χ0v) is 18.3. The van der Waals surface area contributed by atoms with E-state index in [4.69, 9.17) is 9.47 Å². The number of nitrogens with one attached hydrogen (secondary N) is 2. The zero-order chi connectivity index (χ0) is 17.7. The van der Waals surface area contributed by atoms with Crippen molar-refractivity contribution in [3.63, 3.8) is 0 Å². The number of carbonyl (C=O) groups is 1. The van der Waals surface area contributed by atoms with E-state index in [0.717, 1.165) is 51.6 Å². The quantitative estimate of drug-likeness (QED) is 0.353. The lowest BCUT2D eigenvalue weighted by Crippen LogP contribution is -2.54. The van der Waals surface area contributed by atoms with Crippen LogP contribution < -0.4 is 10.6 Å². The van der Waals surface area contributed by atoms with Crippen molar-refractivity contribution in [2.24, 2.45) is 10.9 Å². The molecule has 0 aromatic carbocycles. The molecule has 0 radical (unpaired) electrons. The van der Waals surface area contributed by atoms with E-state index in [1.165, 1.54) is 19.3 Å². The zero-order valence-electron chi connectivity index (χ0n) is 16.0. The number of guanidine groups is 1. The molecule has 8 heteroatoms. The van der Waals surface area contributed by atoms with Crippen LogP contribution in [0.3, 0.4) is 0 Å². The molecule has 3 fully saturated rings. The predicted molar refractivity (Wildman–Crippen MR) is 112 cm³/mol. The Labute approximate surface area is 173 Å². The van der Waals surface area contributed by atoms with Crippen molar-refractivity contribution in [3.8, 4) is 0 Å². The van der Waals surface area contributed by atoms with E-state index in [2.05, 4.69) is 15.6 Å². The molecule has 7 nitrogen and oxygen atoms in total. The first-order chi connectivity index (χ1) is 12.1. The van der Waals surface area contributed by atoms with E-state index >= 15 is 0 Å². The Balaban J connectivity index is 0.00000243. The topological polar surface area (TPSA) is 75.2 Å². The first kappa shape index (κ1) is 21.7. The maximum atomic E-state index is 11.9. The third-order valence-corrected chi connectivity index (χ3v) is 5.55. The van der Waals surface area contributed by atoms with Crippen molar-refractivity contribution in [2.45, 2.75) is 50.2 Å². The lowest BCUT2D eigenvalue weighted by molar-refractivity contribution is -0.134. The summed E-state index contributed by atoms with van der Waals surface area (Å²) in [5, 5.41) is 6.96. The molecule has 1 amide bonds. The molecule has 2 saturated heterocycles. The fraction of sp³-hybridized carbons (Fsp3) is 0.889. The van der Waals surface area contributed by atoms with Gasteiger partial charge in [0.2, 0.25) is 5.91 Å². The summed E-state index contributed by atoms with van der Waals surface area (Å²) < 4.78 is 11.4. The number of nitrogens with zero attached hydrogens (tertiary/aromatic N) is 2. The van der Waals surface area contributed by atoms with Crippen LogP contribution in [0.1, 0.15) is 38.5 Å². The summed E-state index contributed by atoms with van der Waals surface area (Å²) in [7, 11) is 3.51. The highest BCUT2D eigenvalue weighted by atomic mass is 127. The molecule has 2 unspecified atom stereocenters. The van der Waals surface area contributed by atoms with Crippen LogP contribution in [0.5, 0.6) is 0 Å². The van der Waals surface area contributed by atoms with Gasteiger partial charge in [-0.25, -0.2) is 4.99 Å². The minimum Gasteiger partial charge on any atom is -0.381 e. The SMILES string of the molecule is CN(C)C(=O)CN=C(NCC1CCOC1)NC1CCOC2(CCC2)C1.I. The molecular formula is C18H33IN4O3. The molecule has 1 aliphatic carbocycles. The molecule has 26 heavy (non-hydrogen) atoms. The van der Waals surface area contributed by atoms with Gasteiger partial charge in [0.25, 0.3) is 0 Å². The summed E-state index contributed by atoms with van der Waals surface area (Å²) in [6, 6.07) is 0.356. The Bertz CT molecular complexity index is 491. The van der Waals surface area contributed by atoms with Crippen molar-refractivity contribution in [1.82, 2.24) is 15.5 Å². The van der Waals surface area contributed by atoms with E-state index < -0.39 is 0 Å². The summed E-state index contributed by atoms with van der Waals surface area (Å²) in [5.41, 5.74) is 0.0970. The highest BCUT2D eigenvalue weighted by Gasteiger charge is 2.42. The van der Waals surface area contributed by atoms with E-state index in [9.17, 15) is 4.79 Å². The van der Waals surface area contributed by atoms with E-state index in [1.807, 2.05) is 0 Å². The van der Waals surface area contributed by atoms with Crippen molar-refractivity contribution < 1.29 is 14.3 Å². The first-order valence-electron chi connectivity index (χ1n) is 9.53. The van der Waals surface area contributed by atoms with Crippen LogP contribution in [0, 0.1) is 5.92 Å². The maximum Gasteiger partial charge on any atom is 0.243 e. The highest BCUT2D eigenvalue weighted by Crippen LogP contribution is 2.42. The van der Waals surface area contributed by atoms with Crippen molar-refractivity contribution >= 4 is 35.8 Å². The van der Waals surface area contributed by atoms with Crippen LogP contribution in [0.15, 0.2) is 4.99 Å². The number of aliphatic imine (C=N–C) groups is 1. The Hall–Kier alpha value is -0.610. The summed E-state index contributed by atoms with van der Waals surface area (Å²) in [6.45, 7) is 3.44. The fourth-order valence-corrected chi connectivity index (χ4v) is 3.69. The second-order valence-corrected chi connectivity index (χ2v) is 7.78. The number of likely N-dealkylation sites (N-methyl/N-ethyl adjacent to an activating group) is 1. The molecule has 150 valence electrons. The molecule has 3 aliphatic rings. The van der Waals surface area contributed by atoms with Gasteiger partial charge < -0.3 is 25.0 Å². The third kappa shape index (κ3) is 5.95. The lowest BCUT2D eigenvalue weighted by atomic mass is 9.74. The van der Waals surface area contributed by atoms with Gasteiger partial charge in [-0.05, 0) is 38.5 Å². The highest BCUT2D eigenvalue weighted by molar-refractivity contribution is 14.0. The molecule has 2 aliphatic heterocycles. The number of hydrogen-bond donors (Lipinski definition) is 2. The van der Waals surface area contributed by atoms with Gasteiger partial charge >= 0.3 is 0 Å². The second-order valence-electron chi connectivity index (χ2n) is 7.78. The van der Waals surface area contributed by atoms with Crippen LogP contribution in [0.4, 0.5) is 0 Å². The minimum absolute atomic E-state index is 0. The predicted octanol–water partition coefficient (Wildman–Crippen LogP) is 1.37. The largest absolute Gasteiger partial charge is 0.381 e. The summed E-state index contributed by atoms with van der Waals surface area (Å²) in [6.07, 6.45) is 6.70. The molecule has 3 rings (SSSR count). The van der Waals surface area contributed by atoms with Crippen molar-refractivity contribution in [3.05, 3.63) is 0 Å². The van der Waals surface area contributed by atoms with E-state index in [0.29, 0.717) is 12.0 Å². The molecule has 2 atom stereocenters. The number of carbonyl (C=O) groups excluding carboxylic acids is 1. The second kappa shape index (κ2) is 10.1. The van der Waals surface area contributed by atoms with Crippen LogP contribution in [-0.4, -0.2) is 75.4 Å². The molecule has 1 saturated carbocycles. The summed E-state index contributed by atoms with van der Waals surface area (Å²) >= 11 is 0. The van der Waals surface area contributed by atoms with Gasteiger partial charge in [0.1, 0.15) is 6.54 Å². The first-order valence-corrected chi connectivity index (χ1v) is 9.53. The van der Waals surface area contributed by atoms with Gasteiger partial charge in [-0.3, -0.25) is 4.79 Å². The third-order valence-electron chi connectivity index (χ3n) is 5.55. The Morgan fingerprint density at radius 2 is 2.08 bits per heavy atom.